The van der Waals surface area contributed by atoms with Gasteiger partial charge in [0.25, 0.3) is 0 Å². The first-order valence-corrected chi connectivity index (χ1v) is 0. The molecule has 0 aromatic heterocycles. The van der Waals surface area contributed by atoms with E-state index in [4.69, 9.17) is 0 Å². The van der Waals surface area contributed by atoms with Crippen molar-refractivity contribution in [3.8, 4) is 0 Å². The van der Waals surface area contributed by atoms with Crippen LogP contribution in [-0.2, 0) is 60.1 Å². The van der Waals surface area contributed by atoms with E-state index in [0.29, 0.717) is 0 Å². The predicted molar refractivity (Wildman–Crippen MR) is 9.94 cm³/mol. The van der Waals surface area contributed by atoms with Gasteiger partial charge in [0, 0.05) is 60.1 Å². The molecule has 0 atom stereocenters. The Morgan fingerprint density at radius 3 is 1.00 bits per heavy atom. The fourth-order valence-corrected chi connectivity index (χ4v) is 0. The van der Waals surface area contributed by atoms with Crippen molar-refractivity contribution in [3.05, 3.63) is 0 Å². The fraction of sp³-hybridized carbons (Fsp3) is 0. The van der Waals surface area contributed by atoms with E-state index in [9.17, 15) is 0 Å². The summed E-state index contributed by atoms with van der Waals surface area (Å²) in [5, 5.41) is 0. The Kier molecular flexibility index (Phi) is 144. The number of hydrogen-bond acceptors (Lipinski definition) is 0. The van der Waals surface area contributed by atoms with Gasteiger partial charge in [0.1, 0.15) is 0 Å². The van der Waals surface area contributed by atoms with Crippen LogP contribution >= 0.6 is 0 Å². The van der Waals surface area contributed by atoms with Crippen LogP contribution in [0.2, 0.25) is 0 Å². The van der Waals surface area contributed by atoms with Crippen LogP contribution in [0.1, 0.15) is 0 Å². The molecule has 0 fully saturated rings. The zero-order valence-electron chi connectivity index (χ0n) is 1.22. The van der Waals surface area contributed by atoms with Crippen LogP contribution < -0.4 is 0 Å². The molecule has 0 unspecified atom stereocenters. The predicted octanol–water partition coefficient (Wildman–Crippen LogP) is -1.19. The van der Waals surface area contributed by atoms with Crippen LogP contribution in [0.3, 0.4) is 0 Å². The van der Waals surface area contributed by atoms with Crippen molar-refractivity contribution in [2.75, 3.05) is 0 Å². The molecule has 0 spiro atoms. The second-order valence-corrected chi connectivity index (χ2v) is 0. The van der Waals surface area contributed by atoms with Gasteiger partial charge in [0.05, 0.1) is 0 Å². The van der Waals surface area contributed by atoms with Gasteiger partial charge in [0.2, 0.25) is 0 Å². The van der Waals surface area contributed by atoms with Crippen LogP contribution in [0.15, 0.2) is 0 Å². The smallest absolute Gasteiger partial charge is 0 e. The van der Waals surface area contributed by atoms with Gasteiger partial charge >= 0.3 is 0 Å². The molecule has 0 bridgehead atoms. The maximum atomic E-state index is 0. The second-order valence-electron chi connectivity index (χ2n) is 0. The molecule has 4 heteroatoms. The Morgan fingerprint density at radius 1 is 1.00 bits per heavy atom. The average Bonchev–Trinajstić information content (AvgIpc) is 0. The summed E-state index contributed by atoms with van der Waals surface area (Å²) in [5.41, 5.74) is 0. The molecule has 0 radical (unpaired) electrons. The van der Waals surface area contributed by atoms with Crippen molar-refractivity contribution in [2.24, 2.45) is 0 Å². The average molecular weight is 232 g/mol. The third-order valence-corrected chi connectivity index (χ3v) is 0. The summed E-state index contributed by atoms with van der Waals surface area (Å²) in [6.45, 7) is 0. The van der Waals surface area contributed by atoms with Crippen LogP contribution in [0.25, 0.3) is 0 Å². The molecule has 0 aliphatic heterocycles. The molecule has 26 valence electrons. The van der Waals surface area contributed by atoms with E-state index >= 15 is 0 Å². The molecule has 0 saturated heterocycles. The Balaban J connectivity index is 0. The van der Waals surface area contributed by atoms with Gasteiger partial charge in [-0.05, 0) is 0 Å². The van der Waals surface area contributed by atoms with E-state index in [-0.39, 0.29) is 77.4 Å². The maximum absolute atomic E-state index is 0. The summed E-state index contributed by atoms with van der Waals surface area (Å²) in [6.07, 6.45) is 0. The fourth-order valence-electron chi connectivity index (χ4n) is 0. The van der Waals surface area contributed by atoms with Gasteiger partial charge in [-0.15, -0.1) is 0 Å². The normalized spacial score (nSPS) is 0. The zero-order valence-corrected chi connectivity index (χ0v) is 5.95. The largest absolute Gasteiger partial charge is 0.187 e. The minimum atomic E-state index is 0. The molecule has 0 saturated carbocycles. The van der Waals surface area contributed by atoms with Crippen LogP contribution in [0.4, 0.5) is 0 Å². The standard InChI is InChI=1S/Al.Cr.Ni.Zr.3H. The second kappa shape index (κ2) is 18.0. The zero-order chi connectivity index (χ0) is 0. The number of hydrogen-bond donors (Lipinski definition) is 0. The molecule has 0 nitrogen and oxygen atoms in total. The molecule has 0 aliphatic carbocycles. The topological polar surface area (TPSA) is 0 Å². The van der Waals surface area contributed by atoms with Crippen molar-refractivity contribution in [1.82, 2.24) is 0 Å². The third-order valence-electron chi connectivity index (χ3n) is 0. The van der Waals surface area contributed by atoms with Gasteiger partial charge < -0.3 is 0 Å². The van der Waals surface area contributed by atoms with E-state index in [1.54, 1.807) is 0 Å². The molecule has 0 aromatic carbocycles. The van der Waals surface area contributed by atoms with Crippen molar-refractivity contribution in [1.29, 1.82) is 0 Å². The van der Waals surface area contributed by atoms with Gasteiger partial charge in [-0.3, -0.25) is 0 Å². The van der Waals surface area contributed by atoms with Gasteiger partial charge in [-0.2, -0.15) is 0 Å². The molecule has 0 amide bonds. The van der Waals surface area contributed by atoms with Crippen molar-refractivity contribution in [3.63, 3.8) is 0 Å². The Hall–Kier alpha value is 2.44. The van der Waals surface area contributed by atoms with Crippen molar-refractivity contribution < 1.29 is 60.1 Å². The first-order valence-electron chi connectivity index (χ1n) is 0. The van der Waals surface area contributed by atoms with Crippen LogP contribution in [-0.4, -0.2) is 17.4 Å². The van der Waals surface area contributed by atoms with Crippen molar-refractivity contribution >= 4 is 17.4 Å². The van der Waals surface area contributed by atoms with E-state index in [1.165, 1.54) is 0 Å². The Morgan fingerprint density at radius 2 is 1.00 bits per heavy atom. The third kappa shape index (κ3) is 8.82. The Labute approximate surface area is 76.4 Å². The van der Waals surface area contributed by atoms with E-state index in [2.05, 4.69) is 0 Å². The monoisotopic (exact) mass is 230 g/mol. The van der Waals surface area contributed by atoms with E-state index < -0.39 is 0 Å². The van der Waals surface area contributed by atoms with Crippen LogP contribution in [0, 0.1) is 0 Å². The summed E-state index contributed by atoms with van der Waals surface area (Å²) in [7, 11) is 0. The minimum Gasteiger partial charge on any atom is 0 e. The molecule has 0 aromatic rings. The van der Waals surface area contributed by atoms with Gasteiger partial charge in [-0.25, -0.2) is 0 Å². The molecule has 4 heavy (non-hydrogen) atoms. The summed E-state index contributed by atoms with van der Waals surface area (Å²) in [6, 6.07) is 0. The Bertz CT molecular complexity index is 8.00. The number of rotatable bonds is 0. The maximum Gasteiger partial charge on any atom is 0.187 e. The first kappa shape index (κ1) is 32.0. The molecule has 0 rings (SSSR count). The summed E-state index contributed by atoms with van der Waals surface area (Å²) < 4.78 is 0. The first-order chi connectivity index (χ1) is 0. The SMILES string of the molecule is [AlH3].[Cr].[Ni].[Zr]. The van der Waals surface area contributed by atoms with Crippen LogP contribution in [0.5, 0.6) is 0 Å². The van der Waals surface area contributed by atoms with E-state index in [1.807, 2.05) is 0 Å². The molecule has 0 N–H and O–H groups in total. The summed E-state index contributed by atoms with van der Waals surface area (Å²) in [5.74, 6) is 0. The van der Waals surface area contributed by atoms with E-state index in [0.717, 1.165) is 0 Å². The van der Waals surface area contributed by atoms with Gasteiger partial charge in [0.15, 0.2) is 17.4 Å². The quantitative estimate of drug-likeness (QED) is 0.460. The van der Waals surface area contributed by atoms with Crippen molar-refractivity contribution in [2.45, 2.75) is 0 Å². The molecule has 0 aliphatic rings. The molecular weight excluding hydrogens is 229 g/mol. The van der Waals surface area contributed by atoms with Gasteiger partial charge in [-0.1, -0.05) is 0 Å². The molecule has 0 heterocycles. The summed E-state index contributed by atoms with van der Waals surface area (Å²) in [4.78, 5) is 0. The summed E-state index contributed by atoms with van der Waals surface area (Å²) >= 11 is 0. The molecular formula is H3AlCrNiZr. The minimum absolute atomic E-state index is 0.